The van der Waals surface area contributed by atoms with Crippen LogP contribution in [0.1, 0.15) is 12.5 Å². The Balaban J connectivity index is 1.85. The number of amides is 1. The third-order valence-electron chi connectivity index (χ3n) is 2.90. The van der Waals surface area contributed by atoms with Crippen LogP contribution in [0.3, 0.4) is 0 Å². The number of aryl methyl sites for hydroxylation is 1. The van der Waals surface area contributed by atoms with E-state index in [9.17, 15) is 4.79 Å². The second-order valence-corrected chi connectivity index (χ2v) is 5.58. The summed E-state index contributed by atoms with van der Waals surface area (Å²) in [5.41, 5.74) is 1.98. The van der Waals surface area contributed by atoms with E-state index < -0.39 is 0 Å². The highest BCUT2D eigenvalue weighted by molar-refractivity contribution is 8.00. The van der Waals surface area contributed by atoms with Crippen molar-refractivity contribution in [2.45, 2.75) is 18.7 Å². The molecule has 0 atom stereocenters. The van der Waals surface area contributed by atoms with Crippen molar-refractivity contribution in [1.82, 2.24) is 0 Å². The van der Waals surface area contributed by atoms with Crippen molar-refractivity contribution >= 4 is 23.4 Å². The highest BCUT2D eigenvalue weighted by Gasteiger charge is 2.05. The average Bonchev–Trinajstić information content (AvgIpc) is 2.49. The van der Waals surface area contributed by atoms with Gasteiger partial charge in [0, 0.05) is 10.6 Å². The summed E-state index contributed by atoms with van der Waals surface area (Å²) in [6.07, 6.45) is 0. The van der Waals surface area contributed by atoms with Crippen LogP contribution in [0.15, 0.2) is 53.4 Å². The second kappa shape index (κ2) is 7.74. The third kappa shape index (κ3) is 4.83. The molecule has 0 aliphatic heterocycles. The van der Waals surface area contributed by atoms with Crippen LogP contribution in [-0.4, -0.2) is 18.3 Å². The van der Waals surface area contributed by atoms with Gasteiger partial charge in [-0.3, -0.25) is 4.79 Å². The Hall–Kier alpha value is -1.94. The Morgan fingerprint density at radius 2 is 1.86 bits per heavy atom. The number of rotatable bonds is 6. The van der Waals surface area contributed by atoms with Gasteiger partial charge in [0.05, 0.1) is 12.4 Å². The second-order valence-electron chi connectivity index (χ2n) is 4.56. The fourth-order valence-corrected chi connectivity index (χ4v) is 2.69. The molecule has 21 heavy (non-hydrogen) atoms. The highest BCUT2D eigenvalue weighted by Crippen LogP contribution is 2.22. The van der Waals surface area contributed by atoms with Crippen molar-refractivity contribution in [3.05, 3.63) is 54.1 Å². The minimum atomic E-state index is -0.00703. The van der Waals surface area contributed by atoms with Gasteiger partial charge in [0.15, 0.2) is 0 Å². The van der Waals surface area contributed by atoms with E-state index in [-0.39, 0.29) is 5.91 Å². The molecule has 0 fully saturated rings. The van der Waals surface area contributed by atoms with Gasteiger partial charge in [0.1, 0.15) is 5.75 Å². The molecular formula is C17H19NO2S. The maximum atomic E-state index is 11.9. The minimum absolute atomic E-state index is 0.00703. The van der Waals surface area contributed by atoms with E-state index in [1.165, 1.54) is 5.56 Å². The lowest BCUT2D eigenvalue weighted by atomic mass is 10.2. The van der Waals surface area contributed by atoms with Crippen LogP contribution >= 0.6 is 11.8 Å². The smallest absolute Gasteiger partial charge is 0.234 e. The first-order valence-electron chi connectivity index (χ1n) is 6.90. The molecule has 2 aromatic carbocycles. The van der Waals surface area contributed by atoms with Gasteiger partial charge < -0.3 is 10.1 Å². The molecule has 0 spiro atoms. The molecule has 4 heteroatoms. The Kier molecular flexibility index (Phi) is 5.69. The first-order chi connectivity index (χ1) is 10.2. The molecular weight excluding hydrogens is 282 g/mol. The Bertz CT molecular complexity index is 596. The standard InChI is InChI=1S/C17H19NO2S/c1-3-20-15-10-8-14(9-11-15)18-17(19)12-21-16-7-5-4-6-13(16)2/h4-11H,3,12H2,1-2H3,(H,18,19). The van der Waals surface area contributed by atoms with Gasteiger partial charge in [-0.25, -0.2) is 0 Å². The largest absolute Gasteiger partial charge is 0.494 e. The van der Waals surface area contributed by atoms with E-state index in [2.05, 4.69) is 5.32 Å². The third-order valence-corrected chi connectivity index (χ3v) is 4.08. The summed E-state index contributed by atoms with van der Waals surface area (Å²) in [4.78, 5) is 13.1. The Morgan fingerprint density at radius 1 is 1.14 bits per heavy atom. The first kappa shape index (κ1) is 15.4. The Labute approximate surface area is 129 Å². The summed E-state index contributed by atoms with van der Waals surface area (Å²) in [6, 6.07) is 15.5. The molecule has 1 N–H and O–H groups in total. The molecule has 110 valence electrons. The summed E-state index contributed by atoms with van der Waals surface area (Å²) < 4.78 is 5.37. The van der Waals surface area contributed by atoms with Crippen LogP contribution < -0.4 is 10.1 Å². The van der Waals surface area contributed by atoms with Crippen molar-refractivity contribution < 1.29 is 9.53 Å². The van der Waals surface area contributed by atoms with E-state index in [1.807, 2.05) is 62.4 Å². The molecule has 1 amide bonds. The zero-order valence-electron chi connectivity index (χ0n) is 12.3. The quantitative estimate of drug-likeness (QED) is 0.815. The zero-order chi connectivity index (χ0) is 15.1. The maximum absolute atomic E-state index is 11.9. The van der Waals surface area contributed by atoms with E-state index in [1.54, 1.807) is 11.8 Å². The molecule has 0 aliphatic rings. The van der Waals surface area contributed by atoms with Crippen LogP contribution in [0, 0.1) is 6.92 Å². The molecule has 2 rings (SSSR count). The van der Waals surface area contributed by atoms with Gasteiger partial charge in [-0.1, -0.05) is 18.2 Å². The lowest BCUT2D eigenvalue weighted by molar-refractivity contribution is -0.113. The van der Waals surface area contributed by atoms with Crippen molar-refractivity contribution in [3.63, 3.8) is 0 Å². The molecule has 0 radical (unpaired) electrons. The average molecular weight is 301 g/mol. The molecule has 2 aromatic rings. The van der Waals surface area contributed by atoms with Crippen molar-refractivity contribution in [1.29, 1.82) is 0 Å². The van der Waals surface area contributed by atoms with Crippen molar-refractivity contribution in [3.8, 4) is 5.75 Å². The number of carbonyl (C=O) groups excluding carboxylic acids is 1. The summed E-state index contributed by atoms with van der Waals surface area (Å²) in [5.74, 6) is 1.20. The molecule has 0 saturated carbocycles. The normalized spacial score (nSPS) is 10.2. The molecule has 3 nitrogen and oxygen atoms in total. The molecule has 0 aliphatic carbocycles. The molecule has 0 unspecified atom stereocenters. The summed E-state index contributed by atoms with van der Waals surface area (Å²) >= 11 is 1.55. The van der Waals surface area contributed by atoms with Crippen LogP contribution in [0.25, 0.3) is 0 Å². The number of benzene rings is 2. The molecule has 0 heterocycles. The van der Waals surface area contributed by atoms with Crippen LogP contribution in [0.2, 0.25) is 0 Å². The van der Waals surface area contributed by atoms with Crippen LogP contribution in [0.4, 0.5) is 5.69 Å². The number of thioether (sulfide) groups is 1. The van der Waals surface area contributed by atoms with E-state index in [0.29, 0.717) is 12.4 Å². The number of hydrogen-bond acceptors (Lipinski definition) is 3. The van der Waals surface area contributed by atoms with Gasteiger partial charge >= 0.3 is 0 Å². The van der Waals surface area contributed by atoms with Gasteiger partial charge in [-0.2, -0.15) is 0 Å². The fourth-order valence-electron chi connectivity index (χ4n) is 1.86. The predicted molar refractivity (Wildman–Crippen MR) is 88.1 cm³/mol. The van der Waals surface area contributed by atoms with E-state index in [0.717, 1.165) is 16.3 Å². The van der Waals surface area contributed by atoms with Gasteiger partial charge in [-0.15, -0.1) is 11.8 Å². The first-order valence-corrected chi connectivity index (χ1v) is 7.88. The van der Waals surface area contributed by atoms with Crippen LogP contribution in [-0.2, 0) is 4.79 Å². The van der Waals surface area contributed by atoms with Crippen molar-refractivity contribution in [2.75, 3.05) is 17.7 Å². The molecule has 0 aromatic heterocycles. The number of anilines is 1. The fraction of sp³-hybridized carbons (Fsp3) is 0.235. The lowest BCUT2D eigenvalue weighted by Gasteiger charge is -2.08. The Morgan fingerprint density at radius 3 is 2.52 bits per heavy atom. The summed E-state index contributed by atoms with van der Waals surface area (Å²) in [7, 11) is 0. The van der Waals surface area contributed by atoms with E-state index in [4.69, 9.17) is 4.74 Å². The van der Waals surface area contributed by atoms with Gasteiger partial charge in [0.2, 0.25) is 5.91 Å². The SMILES string of the molecule is CCOc1ccc(NC(=O)CSc2ccccc2C)cc1. The number of carbonyl (C=O) groups is 1. The minimum Gasteiger partial charge on any atom is -0.494 e. The van der Waals surface area contributed by atoms with Crippen LogP contribution in [0.5, 0.6) is 5.75 Å². The summed E-state index contributed by atoms with van der Waals surface area (Å²) in [5, 5.41) is 2.89. The predicted octanol–water partition coefficient (Wildman–Crippen LogP) is 4.12. The maximum Gasteiger partial charge on any atom is 0.234 e. The van der Waals surface area contributed by atoms with Gasteiger partial charge in [0.25, 0.3) is 0 Å². The molecule has 0 saturated heterocycles. The topological polar surface area (TPSA) is 38.3 Å². The van der Waals surface area contributed by atoms with Crippen molar-refractivity contribution in [2.24, 2.45) is 0 Å². The van der Waals surface area contributed by atoms with E-state index >= 15 is 0 Å². The zero-order valence-corrected chi connectivity index (χ0v) is 13.1. The monoisotopic (exact) mass is 301 g/mol. The number of ether oxygens (including phenoxy) is 1. The lowest BCUT2D eigenvalue weighted by Crippen LogP contribution is -2.13. The number of nitrogens with one attached hydrogen (secondary N) is 1. The van der Waals surface area contributed by atoms with Gasteiger partial charge in [-0.05, 0) is 49.7 Å². The highest BCUT2D eigenvalue weighted by atomic mass is 32.2. The molecule has 0 bridgehead atoms. The summed E-state index contributed by atoms with van der Waals surface area (Å²) in [6.45, 7) is 4.63. The number of hydrogen-bond donors (Lipinski definition) is 1.